The van der Waals surface area contributed by atoms with Gasteiger partial charge in [-0.2, -0.15) is 0 Å². The topological polar surface area (TPSA) is 98.3 Å². The molecule has 108 valence electrons. The molecule has 1 aromatic heterocycles. The Morgan fingerprint density at radius 3 is 3.15 bits per heavy atom. The molecule has 1 aromatic rings. The van der Waals surface area contributed by atoms with E-state index < -0.39 is 12.0 Å². The lowest BCUT2D eigenvalue weighted by Crippen LogP contribution is -2.52. The minimum atomic E-state index is -1.01. The number of carboxylic acids is 1. The van der Waals surface area contributed by atoms with Crippen molar-refractivity contribution in [2.75, 3.05) is 6.54 Å². The molecule has 0 saturated carbocycles. The summed E-state index contributed by atoms with van der Waals surface area (Å²) in [6.45, 7) is 2.64. The molecule has 1 aliphatic rings. The molecule has 0 bridgehead atoms. The molecular formula is C13H18N4O3. The number of rotatable bonds is 4. The quantitative estimate of drug-likeness (QED) is 0.563. The minimum Gasteiger partial charge on any atom is -0.480 e. The summed E-state index contributed by atoms with van der Waals surface area (Å²) in [5, 5.41) is 12.0. The highest BCUT2D eigenvalue weighted by molar-refractivity contribution is 5.83. The van der Waals surface area contributed by atoms with E-state index in [1.165, 1.54) is 11.2 Å². The van der Waals surface area contributed by atoms with Gasteiger partial charge in [0.1, 0.15) is 6.04 Å². The summed E-state index contributed by atoms with van der Waals surface area (Å²) in [6.07, 6.45) is 6.33. The van der Waals surface area contributed by atoms with Gasteiger partial charge in [0.05, 0.1) is 24.3 Å². The van der Waals surface area contributed by atoms with Crippen LogP contribution in [0.1, 0.15) is 24.7 Å². The number of fused-ring (bicyclic) bond motifs is 1. The molecule has 2 heterocycles. The Morgan fingerprint density at radius 2 is 2.45 bits per heavy atom. The predicted molar refractivity (Wildman–Crippen MR) is 72.1 cm³/mol. The molecular weight excluding hydrogens is 260 g/mol. The number of carboxylic acid groups (broad SMARTS) is 1. The van der Waals surface area contributed by atoms with E-state index in [9.17, 15) is 14.7 Å². The van der Waals surface area contributed by atoms with Crippen LogP contribution in [0.25, 0.3) is 0 Å². The molecule has 0 aromatic carbocycles. The van der Waals surface area contributed by atoms with E-state index in [-0.39, 0.29) is 19.0 Å². The number of imidazole rings is 1. The van der Waals surface area contributed by atoms with Gasteiger partial charge in [0, 0.05) is 13.0 Å². The summed E-state index contributed by atoms with van der Waals surface area (Å²) < 4.78 is 0. The van der Waals surface area contributed by atoms with Crippen LogP contribution in [0.2, 0.25) is 0 Å². The fourth-order valence-electron chi connectivity index (χ4n) is 2.20. The van der Waals surface area contributed by atoms with Crippen LogP contribution in [0, 0.1) is 0 Å². The van der Waals surface area contributed by atoms with Crippen LogP contribution in [-0.4, -0.2) is 44.6 Å². The first kappa shape index (κ1) is 14.1. The second-order valence-electron chi connectivity index (χ2n) is 4.60. The standard InChI is InChI=1S/C13H18N4O3/c1-2-3-4-5-14-13(20)17-7-10-9(15-8-16-10)6-11(17)12(18)19/h2-3,8,11H,4-7H2,1H3,(H,14,20)(H,15,16)(H,18,19)/b3-2+. The van der Waals surface area contributed by atoms with Gasteiger partial charge in [-0.25, -0.2) is 14.6 Å². The molecule has 3 N–H and O–H groups in total. The lowest BCUT2D eigenvalue weighted by Gasteiger charge is -2.32. The maximum Gasteiger partial charge on any atom is 0.326 e. The van der Waals surface area contributed by atoms with Crippen molar-refractivity contribution in [1.29, 1.82) is 0 Å². The molecule has 0 spiro atoms. The molecule has 0 saturated heterocycles. The third-order valence-electron chi connectivity index (χ3n) is 3.27. The molecule has 7 nitrogen and oxygen atoms in total. The highest BCUT2D eigenvalue weighted by atomic mass is 16.4. The Bertz CT molecular complexity index is 523. The number of carbonyl (C=O) groups excluding carboxylic acids is 1. The fourth-order valence-corrected chi connectivity index (χ4v) is 2.20. The molecule has 0 radical (unpaired) electrons. The maximum absolute atomic E-state index is 12.1. The molecule has 2 amide bonds. The molecule has 0 fully saturated rings. The first-order valence-corrected chi connectivity index (χ1v) is 6.53. The Labute approximate surface area is 116 Å². The number of amides is 2. The first-order chi connectivity index (χ1) is 9.63. The van der Waals surface area contributed by atoms with Crippen LogP contribution in [0.4, 0.5) is 4.79 Å². The van der Waals surface area contributed by atoms with Crippen molar-refractivity contribution in [3.8, 4) is 0 Å². The zero-order chi connectivity index (χ0) is 14.5. The zero-order valence-corrected chi connectivity index (χ0v) is 11.3. The Morgan fingerprint density at radius 1 is 1.65 bits per heavy atom. The molecule has 1 aliphatic heterocycles. The van der Waals surface area contributed by atoms with Crippen molar-refractivity contribution >= 4 is 12.0 Å². The van der Waals surface area contributed by atoms with Gasteiger partial charge < -0.3 is 20.3 Å². The van der Waals surface area contributed by atoms with Crippen molar-refractivity contribution in [2.24, 2.45) is 0 Å². The number of allylic oxidation sites excluding steroid dienone is 1. The summed E-state index contributed by atoms with van der Waals surface area (Å²) in [4.78, 5) is 31.8. The van der Waals surface area contributed by atoms with E-state index in [1.807, 2.05) is 19.1 Å². The normalized spacial score (nSPS) is 18.1. The third-order valence-corrected chi connectivity index (χ3v) is 3.27. The number of nitrogens with one attached hydrogen (secondary N) is 2. The summed E-state index contributed by atoms with van der Waals surface area (Å²) in [7, 11) is 0. The van der Waals surface area contributed by atoms with Crippen molar-refractivity contribution in [3.05, 3.63) is 29.9 Å². The monoisotopic (exact) mass is 278 g/mol. The number of aromatic nitrogens is 2. The van der Waals surface area contributed by atoms with E-state index in [2.05, 4.69) is 15.3 Å². The molecule has 2 rings (SSSR count). The van der Waals surface area contributed by atoms with E-state index in [0.29, 0.717) is 6.54 Å². The second-order valence-corrected chi connectivity index (χ2v) is 4.60. The van der Waals surface area contributed by atoms with Gasteiger partial charge in [-0.1, -0.05) is 12.2 Å². The van der Waals surface area contributed by atoms with Crippen molar-refractivity contribution < 1.29 is 14.7 Å². The summed E-state index contributed by atoms with van der Waals surface area (Å²) in [5.74, 6) is -1.01. The van der Waals surface area contributed by atoms with Gasteiger partial charge in [-0.05, 0) is 13.3 Å². The van der Waals surface area contributed by atoms with Crippen LogP contribution in [0.3, 0.4) is 0 Å². The van der Waals surface area contributed by atoms with Gasteiger partial charge in [-0.3, -0.25) is 0 Å². The van der Waals surface area contributed by atoms with Crippen molar-refractivity contribution in [2.45, 2.75) is 32.4 Å². The molecule has 20 heavy (non-hydrogen) atoms. The fraction of sp³-hybridized carbons (Fsp3) is 0.462. The van der Waals surface area contributed by atoms with Crippen LogP contribution < -0.4 is 5.32 Å². The summed E-state index contributed by atoms with van der Waals surface area (Å²) >= 11 is 0. The molecule has 0 aliphatic carbocycles. The van der Waals surface area contributed by atoms with Gasteiger partial charge in [0.25, 0.3) is 0 Å². The highest BCUT2D eigenvalue weighted by Crippen LogP contribution is 2.20. The Hall–Kier alpha value is -2.31. The number of aliphatic carboxylic acids is 1. The van der Waals surface area contributed by atoms with Crippen LogP contribution in [0.15, 0.2) is 18.5 Å². The first-order valence-electron chi connectivity index (χ1n) is 6.53. The van der Waals surface area contributed by atoms with Gasteiger partial charge >= 0.3 is 12.0 Å². The number of nitrogens with zero attached hydrogens (tertiary/aromatic N) is 2. The van der Waals surface area contributed by atoms with Crippen molar-refractivity contribution in [3.63, 3.8) is 0 Å². The largest absolute Gasteiger partial charge is 0.480 e. The van der Waals surface area contributed by atoms with Crippen LogP contribution in [-0.2, 0) is 17.8 Å². The summed E-state index contributed by atoms with van der Waals surface area (Å²) in [5.41, 5.74) is 1.52. The molecule has 1 atom stereocenters. The number of hydrogen-bond acceptors (Lipinski definition) is 3. The van der Waals surface area contributed by atoms with Crippen LogP contribution in [0.5, 0.6) is 0 Å². The lowest BCUT2D eigenvalue weighted by atomic mass is 10.0. The van der Waals surface area contributed by atoms with E-state index in [4.69, 9.17) is 0 Å². The number of carbonyl (C=O) groups is 2. The molecule has 1 unspecified atom stereocenters. The maximum atomic E-state index is 12.1. The van der Waals surface area contributed by atoms with Crippen LogP contribution >= 0.6 is 0 Å². The van der Waals surface area contributed by atoms with Crippen molar-refractivity contribution in [1.82, 2.24) is 20.2 Å². The lowest BCUT2D eigenvalue weighted by molar-refractivity contribution is -0.142. The SMILES string of the molecule is C/C=C/CCNC(=O)N1Cc2[nH]cnc2CC1C(=O)O. The highest BCUT2D eigenvalue weighted by Gasteiger charge is 2.35. The average molecular weight is 278 g/mol. The predicted octanol–water partition coefficient (Wildman–Crippen LogP) is 0.897. The van der Waals surface area contributed by atoms with E-state index in [1.54, 1.807) is 0 Å². The van der Waals surface area contributed by atoms with E-state index >= 15 is 0 Å². The third kappa shape index (κ3) is 2.98. The van der Waals surface area contributed by atoms with Gasteiger partial charge in [0.15, 0.2) is 0 Å². The number of hydrogen-bond donors (Lipinski definition) is 3. The summed E-state index contributed by atoms with van der Waals surface area (Å²) in [6, 6.07) is -1.23. The number of urea groups is 1. The number of H-pyrrole nitrogens is 1. The minimum absolute atomic E-state index is 0.233. The zero-order valence-electron chi connectivity index (χ0n) is 11.3. The number of aromatic amines is 1. The van der Waals surface area contributed by atoms with E-state index in [0.717, 1.165) is 17.8 Å². The Balaban J connectivity index is 2.04. The molecule has 7 heteroatoms. The average Bonchev–Trinajstić information content (AvgIpc) is 2.89. The Kier molecular flexibility index (Phi) is 4.39. The van der Waals surface area contributed by atoms with Gasteiger partial charge in [0.2, 0.25) is 0 Å². The smallest absolute Gasteiger partial charge is 0.326 e. The van der Waals surface area contributed by atoms with Gasteiger partial charge in [-0.15, -0.1) is 0 Å². The second kappa shape index (κ2) is 6.23.